The van der Waals surface area contributed by atoms with Crippen molar-refractivity contribution < 1.29 is 0 Å². The summed E-state index contributed by atoms with van der Waals surface area (Å²) >= 11 is 0. The largest absolute Gasteiger partial charge is 0.316 e. The highest BCUT2D eigenvalue weighted by Crippen LogP contribution is 2.28. The third-order valence-corrected chi connectivity index (χ3v) is 4.01. The third kappa shape index (κ3) is 2.87. The topological polar surface area (TPSA) is 12.0 Å². The number of benzene rings is 2. The lowest BCUT2D eigenvalue weighted by Gasteiger charge is -2.23. The Morgan fingerprint density at radius 1 is 1.00 bits per heavy atom. The summed E-state index contributed by atoms with van der Waals surface area (Å²) in [5.41, 5.74) is 5.46. The van der Waals surface area contributed by atoms with Crippen LogP contribution in [0.2, 0.25) is 0 Å². The molecule has 0 amide bonds. The number of nitrogens with one attached hydrogen (secondary N) is 1. The van der Waals surface area contributed by atoms with Crippen molar-refractivity contribution in [3.63, 3.8) is 0 Å². The lowest BCUT2D eigenvalue weighted by molar-refractivity contribution is 0.462. The van der Waals surface area contributed by atoms with Gasteiger partial charge in [-0.25, -0.2) is 0 Å². The van der Waals surface area contributed by atoms with Gasteiger partial charge in [0.25, 0.3) is 0 Å². The molecule has 0 bridgehead atoms. The molecule has 0 radical (unpaired) electrons. The lowest BCUT2D eigenvalue weighted by atomic mass is 9.89. The van der Waals surface area contributed by atoms with Gasteiger partial charge in [-0.3, -0.25) is 0 Å². The Kier molecular flexibility index (Phi) is 3.65. The first kappa shape index (κ1) is 12.4. The molecule has 19 heavy (non-hydrogen) atoms. The summed E-state index contributed by atoms with van der Waals surface area (Å²) in [6.07, 6.45) is 2.60. The molecular weight excluding hydrogens is 230 g/mol. The molecule has 1 unspecified atom stereocenters. The first-order chi connectivity index (χ1) is 9.33. The molecule has 1 heteroatoms. The Balaban J connectivity index is 1.91. The van der Waals surface area contributed by atoms with Crippen LogP contribution >= 0.6 is 0 Å². The van der Waals surface area contributed by atoms with E-state index in [0.717, 1.165) is 6.54 Å². The van der Waals surface area contributed by atoms with Crippen molar-refractivity contribution >= 4 is 0 Å². The molecule has 2 aromatic rings. The van der Waals surface area contributed by atoms with Crippen molar-refractivity contribution in [1.29, 1.82) is 0 Å². The van der Waals surface area contributed by atoms with Crippen molar-refractivity contribution in [1.82, 2.24) is 5.32 Å². The van der Waals surface area contributed by atoms with Crippen LogP contribution in [0.25, 0.3) is 11.1 Å². The standard InChI is InChI=1S/C18H21N/c1-14-5-2-6-15(11-14)16-7-3-8-17(12-16)18-9-4-10-19-13-18/h2-3,5-8,11-12,18-19H,4,9-10,13H2,1H3. The van der Waals surface area contributed by atoms with Crippen LogP contribution in [0.4, 0.5) is 0 Å². The summed E-state index contributed by atoms with van der Waals surface area (Å²) in [6, 6.07) is 17.8. The second kappa shape index (κ2) is 5.58. The van der Waals surface area contributed by atoms with Gasteiger partial charge in [0.05, 0.1) is 0 Å². The number of aryl methyl sites for hydroxylation is 1. The Bertz CT molecular complexity index is 553. The smallest absolute Gasteiger partial charge is 0.00201 e. The average molecular weight is 251 g/mol. The third-order valence-electron chi connectivity index (χ3n) is 4.01. The predicted molar refractivity (Wildman–Crippen MR) is 81.5 cm³/mol. The maximum absolute atomic E-state index is 3.50. The Morgan fingerprint density at radius 2 is 1.79 bits per heavy atom. The monoisotopic (exact) mass is 251 g/mol. The molecular formula is C18H21N. The molecule has 98 valence electrons. The molecule has 0 saturated carbocycles. The van der Waals surface area contributed by atoms with E-state index < -0.39 is 0 Å². The average Bonchev–Trinajstić information content (AvgIpc) is 2.48. The number of hydrogen-bond donors (Lipinski definition) is 1. The minimum absolute atomic E-state index is 0.679. The van der Waals surface area contributed by atoms with Gasteiger partial charge >= 0.3 is 0 Å². The molecule has 1 aliphatic heterocycles. The first-order valence-corrected chi connectivity index (χ1v) is 7.21. The maximum atomic E-state index is 3.50. The predicted octanol–water partition coefficient (Wildman–Crippen LogP) is 4.13. The Hall–Kier alpha value is -1.60. The van der Waals surface area contributed by atoms with Crippen molar-refractivity contribution in [2.24, 2.45) is 0 Å². The van der Waals surface area contributed by atoms with Crippen molar-refractivity contribution in [2.45, 2.75) is 25.7 Å². The van der Waals surface area contributed by atoms with E-state index in [4.69, 9.17) is 0 Å². The van der Waals surface area contributed by atoms with Gasteiger partial charge in [-0.2, -0.15) is 0 Å². The van der Waals surface area contributed by atoms with Gasteiger partial charge in [-0.15, -0.1) is 0 Å². The van der Waals surface area contributed by atoms with E-state index in [0.29, 0.717) is 5.92 Å². The zero-order chi connectivity index (χ0) is 13.1. The van der Waals surface area contributed by atoms with Gasteiger partial charge in [-0.1, -0.05) is 54.1 Å². The van der Waals surface area contributed by atoms with Gasteiger partial charge in [0.2, 0.25) is 0 Å². The molecule has 0 aliphatic carbocycles. The van der Waals surface area contributed by atoms with Crippen LogP contribution < -0.4 is 5.32 Å². The van der Waals surface area contributed by atoms with Gasteiger partial charge < -0.3 is 5.32 Å². The highest BCUT2D eigenvalue weighted by atomic mass is 14.9. The van der Waals surface area contributed by atoms with Crippen molar-refractivity contribution in [3.05, 3.63) is 59.7 Å². The van der Waals surface area contributed by atoms with Crippen molar-refractivity contribution in [2.75, 3.05) is 13.1 Å². The Labute approximate surface area is 115 Å². The minimum Gasteiger partial charge on any atom is -0.316 e. The quantitative estimate of drug-likeness (QED) is 0.846. The van der Waals surface area contributed by atoms with Crippen LogP contribution in [0.15, 0.2) is 48.5 Å². The van der Waals surface area contributed by atoms with Crippen LogP contribution in [0, 0.1) is 6.92 Å². The van der Waals surface area contributed by atoms with Gasteiger partial charge in [0, 0.05) is 6.54 Å². The van der Waals surface area contributed by atoms with Gasteiger partial charge in [0.1, 0.15) is 0 Å². The van der Waals surface area contributed by atoms with E-state index >= 15 is 0 Å². The van der Waals surface area contributed by atoms with Crippen LogP contribution in [0.5, 0.6) is 0 Å². The molecule has 1 nitrogen and oxygen atoms in total. The molecule has 1 aliphatic rings. The normalized spacial score (nSPS) is 19.3. The molecule has 1 saturated heterocycles. The zero-order valence-corrected chi connectivity index (χ0v) is 11.5. The number of rotatable bonds is 2. The van der Waals surface area contributed by atoms with E-state index in [9.17, 15) is 0 Å². The van der Waals surface area contributed by atoms with Gasteiger partial charge in [-0.05, 0) is 48.9 Å². The second-order valence-electron chi connectivity index (χ2n) is 5.54. The summed E-state index contributed by atoms with van der Waals surface area (Å²) in [6.45, 7) is 4.45. The molecule has 1 atom stereocenters. The molecule has 1 N–H and O–H groups in total. The summed E-state index contributed by atoms with van der Waals surface area (Å²) < 4.78 is 0. The number of hydrogen-bond acceptors (Lipinski definition) is 1. The molecule has 1 heterocycles. The molecule has 2 aromatic carbocycles. The number of piperidine rings is 1. The fourth-order valence-corrected chi connectivity index (χ4v) is 2.93. The molecule has 0 spiro atoms. The van der Waals surface area contributed by atoms with E-state index in [-0.39, 0.29) is 0 Å². The summed E-state index contributed by atoms with van der Waals surface area (Å²) in [5, 5.41) is 3.50. The highest BCUT2D eigenvalue weighted by Gasteiger charge is 2.15. The highest BCUT2D eigenvalue weighted by molar-refractivity contribution is 5.65. The van der Waals surface area contributed by atoms with E-state index in [2.05, 4.69) is 60.8 Å². The summed E-state index contributed by atoms with van der Waals surface area (Å²) in [4.78, 5) is 0. The SMILES string of the molecule is Cc1cccc(-c2cccc(C3CCCNC3)c2)c1. The van der Waals surface area contributed by atoms with E-state index in [1.807, 2.05) is 0 Å². The fraction of sp³-hybridized carbons (Fsp3) is 0.333. The molecule has 0 aromatic heterocycles. The van der Waals surface area contributed by atoms with E-state index in [1.54, 1.807) is 0 Å². The first-order valence-electron chi connectivity index (χ1n) is 7.21. The van der Waals surface area contributed by atoms with E-state index in [1.165, 1.54) is 41.6 Å². The zero-order valence-electron chi connectivity index (χ0n) is 11.5. The summed E-state index contributed by atoms with van der Waals surface area (Å²) in [7, 11) is 0. The van der Waals surface area contributed by atoms with Crippen LogP contribution in [0.1, 0.15) is 29.9 Å². The van der Waals surface area contributed by atoms with Crippen LogP contribution in [-0.2, 0) is 0 Å². The van der Waals surface area contributed by atoms with Crippen LogP contribution in [0.3, 0.4) is 0 Å². The minimum atomic E-state index is 0.679. The van der Waals surface area contributed by atoms with Crippen LogP contribution in [-0.4, -0.2) is 13.1 Å². The molecule has 3 rings (SSSR count). The fourth-order valence-electron chi connectivity index (χ4n) is 2.93. The van der Waals surface area contributed by atoms with Crippen molar-refractivity contribution in [3.8, 4) is 11.1 Å². The Morgan fingerprint density at radius 3 is 2.53 bits per heavy atom. The second-order valence-corrected chi connectivity index (χ2v) is 5.54. The lowest BCUT2D eigenvalue weighted by Crippen LogP contribution is -2.28. The molecule has 1 fully saturated rings. The summed E-state index contributed by atoms with van der Waals surface area (Å²) in [5.74, 6) is 0.679. The maximum Gasteiger partial charge on any atom is 0.00201 e. The van der Waals surface area contributed by atoms with Gasteiger partial charge in [0.15, 0.2) is 0 Å².